The zero-order valence-electron chi connectivity index (χ0n) is 5.79. The molecule has 42 valence electrons. The molecule has 0 heterocycles. The zero-order valence-corrected chi connectivity index (χ0v) is 10.9. The Balaban J connectivity index is -0.0000000575. The molecule has 0 spiro atoms. The van der Waals surface area contributed by atoms with Gasteiger partial charge in [0, 0.05) is 0 Å². The van der Waals surface area contributed by atoms with Crippen LogP contribution >= 0.6 is 0 Å². The van der Waals surface area contributed by atoms with Crippen LogP contribution in [0.3, 0.4) is 0 Å². The summed E-state index contributed by atoms with van der Waals surface area (Å²) in [5.74, 6) is 0. The van der Waals surface area contributed by atoms with Gasteiger partial charge in [0.1, 0.15) is 0 Å². The van der Waals surface area contributed by atoms with Crippen LogP contribution in [-0.4, -0.2) is 29.1 Å². The van der Waals surface area contributed by atoms with Gasteiger partial charge in [-0.3, -0.25) is 4.91 Å². The average Bonchev–Trinajstić information content (AvgIpc) is 1.33. The Bertz CT molecular complexity index is 56.3. The second-order valence-corrected chi connectivity index (χ2v) is 3.22. The SMILES string of the molecule is CN(C)[SiH3].[K+].[N-]=[N+]=[N-]. The fourth-order valence-electron chi connectivity index (χ4n) is 0. The van der Waals surface area contributed by atoms with Crippen molar-refractivity contribution in [3.05, 3.63) is 16.0 Å². The van der Waals surface area contributed by atoms with Crippen molar-refractivity contribution in [1.82, 2.24) is 4.57 Å². The van der Waals surface area contributed by atoms with E-state index in [9.17, 15) is 0 Å². The molecule has 0 bridgehead atoms. The first-order chi connectivity index (χ1) is 3.15. The van der Waals surface area contributed by atoms with E-state index in [2.05, 4.69) is 18.7 Å². The fraction of sp³-hybridized carbons (Fsp3) is 1.00. The number of rotatable bonds is 0. The standard InChI is InChI=1S/C2H9NSi.K.N3/c1-3(2)4;;1-3-2/h1-2,4H3;;/q;+1;-1. The molecule has 0 amide bonds. The fourth-order valence-corrected chi connectivity index (χ4v) is 0. The van der Waals surface area contributed by atoms with Gasteiger partial charge >= 0.3 is 51.4 Å². The summed E-state index contributed by atoms with van der Waals surface area (Å²) in [6, 6.07) is 0. The summed E-state index contributed by atoms with van der Waals surface area (Å²) in [7, 11) is 5.31. The molecule has 0 fully saturated rings. The number of hydrogen-bond donors (Lipinski definition) is 0. The van der Waals surface area contributed by atoms with Gasteiger partial charge in [0.15, 0.2) is 0 Å². The molecule has 0 aliphatic rings. The third-order valence-corrected chi connectivity index (χ3v) is 0. The Morgan fingerprint density at radius 3 is 1.38 bits per heavy atom. The molecule has 0 aromatic rings. The maximum absolute atomic E-state index is 6.75. The van der Waals surface area contributed by atoms with E-state index in [1.807, 2.05) is 0 Å². The van der Waals surface area contributed by atoms with E-state index in [4.69, 9.17) is 11.1 Å². The van der Waals surface area contributed by atoms with Crippen LogP contribution in [0.15, 0.2) is 0 Å². The first-order valence-corrected chi connectivity index (χ1v) is 2.64. The second kappa shape index (κ2) is 15.7. The molecule has 0 radical (unpaired) electrons. The summed E-state index contributed by atoms with van der Waals surface area (Å²) in [5.41, 5.74) is 13.5. The van der Waals surface area contributed by atoms with Crippen LogP contribution in [0.4, 0.5) is 0 Å². The molecular formula is C2H9KN4Si. The minimum atomic E-state index is 0. The van der Waals surface area contributed by atoms with Crippen LogP contribution in [0, 0.1) is 0 Å². The van der Waals surface area contributed by atoms with E-state index < -0.39 is 0 Å². The molecule has 0 aliphatic heterocycles. The number of nitrogens with zero attached hydrogens (tertiary/aromatic N) is 4. The third-order valence-electron chi connectivity index (χ3n) is 0. The summed E-state index contributed by atoms with van der Waals surface area (Å²) in [5, 5.41) is 0. The van der Waals surface area contributed by atoms with Gasteiger partial charge in [0.2, 0.25) is 0 Å². The minimum Gasteiger partial charge on any atom is -0.373 e. The Labute approximate surface area is 95.0 Å². The molecular weight excluding hydrogens is 147 g/mol. The Hall–Kier alpha value is 1.12. The van der Waals surface area contributed by atoms with E-state index in [0.29, 0.717) is 0 Å². The molecule has 0 aromatic heterocycles. The quantitative estimate of drug-likeness (QED) is 0.157. The smallest absolute Gasteiger partial charge is 0.373 e. The summed E-state index contributed by atoms with van der Waals surface area (Å²) in [4.78, 5) is 1.50. The largest absolute Gasteiger partial charge is 1.00 e. The predicted molar refractivity (Wildman–Crippen MR) is 33.7 cm³/mol. The van der Waals surface area contributed by atoms with Crippen molar-refractivity contribution in [2.45, 2.75) is 0 Å². The third kappa shape index (κ3) is 212. The van der Waals surface area contributed by atoms with Gasteiger partial charge in [-0.05, 0) is 14.1 Å². The van der Waals surface area contributed by atoms with Gasteiger partial charge in [-0.1, -0.05) is 0 Å². The van der Waals surface area contributed by atoms with Crippen molar-refractivity contribution < 1.29 is 51.4 Å². The van der Waals surface area contributed by atoms with Gasteiger partial charge < -0.3 is 15.6 Å². The maximum atomic E-state index is 6.75. The molecule has 0 atom stereocenters. The Morgan fingerprint density at radius 1 is 1.38 bits per heavy atom. The molecule has 0 N–H and O–H groups in total. The van der Waals surface area contributed by atoms with Crippen LogP contribution in [0.1, 0.15) is 0 Å². The predicted octanol–water partition coefficient (Wildman–Crippen LogP) is -3.30. The molecule has 8 heavy (non-hydrogen) atoms. The Kier molecular flexibility index (Phi) is 31.5. The van der Waals surface area contributed by atoms with Crippen LogP contribution in [0.25, 0.3) is 16.0 Å². The Morgan fingerprint density at radius 2 is 1.38 bits per heavy atom. The number of hydrogen-bond acceptors (Lipinski definition) is 1. The summed E-state index contributed by atoms with van der Waals surface area (Å²) in [6.45, 7) is 0. The van der Waals surface area contributed by atoms with E-state index in [-0.39, 0.29) is 51.4 Å². The molecule has 6 heteroatoms. The topological polar surface area (TPSA) is 61.9 Å². The summed E-state index contributed by atoms with van der Waals surface area (Å²) < 4.78 is 2.14. The maximum Gasteiger partial charge on any atom is 1.00 e. The normalized spacial score (nSPS) is 5.88. The molecule has 0 rings (SSSR count). The zero-order chi connectivity index (χ0) is 6.28. The van der Waals surface area contributed by atoms with Crippen molar-refractivity contribution in [3.8, 4) is 0 Å². The minimum absolute atomic E-state index is 0. The molecule has 0 unspecified atom stereocenters. The van der Waals surface area contributed by atoms with Gasteiger partial charge in [-0.15, -0.1) is 0 Å². The van der Waals surface area contributed by atoms with Gasteiger partial charge in [0.05, 0.1) is 10.4 Å². The van der Waals surface area contributed by atoms with Gasteiger partial charge in [-0.2, -0.15) is 0 Å². The van der Waals surface area contributed by atoms with Crippen molar-refractivity contribution in [2.75, 3.05) is 14.1 Å². The second-order valence-electron chi connectivity index (χ2n) is 1.43. The summed E-state index contributed by atoms with van der Waals surface area (Å²) in [6.07, 6.45) is 0. The van der Waals surface area contributed by atoms with Gasteiger partial charge in [0.25, 0.3) is 0 Å². The van der Waals surface area contributed by atoms with E-state index >= 15 is 0 Å². The van der Waals surface area contributed by atoms with Gasteiger partial charge in [-0.25, -0.2) is 0 Å². The monoisotopic (exact) mass is 156 g/mol. The molecule has 0 aromatic carbocycles. The van der Waals surface area contributed by atoms with E-state index in [1.165, 1.54) is 15.3 Å². The van der Waals surface area contributed by atoms with E-state index in [0.717, 1.165) is 0 Å². The van der Waals surface area contributed by atoms with Crippen molar-refractivity contribution in [2.24, 2.45) is 0 Å². The van der Waals surface area contributed by atoms with Crippen LogP contribution in [0.2, 0.25) is 0 Å². The van der Waals surface area contributed by atoms with E-state index in [1.54, 1.807) is 0 Å². The van der Waals surface area contributed by atoms with Crippen LogP contribution in [0.5, 0.6) is 0 Å². The van der Waals surface area contributed by atoms with Crippen LogP contribution < -0.4 is 51.4 Å². The molecule has 0 saturated heterocycles. The van der Waals surface area contributed by atoms with Crippen molar-refractivity contribution in [1.29, 1.82) is 0 Å². The molecule has 0 saturated carbocycles. The summed E-state index contributed by atoms with van der Waals surface area (Å²) >= 11 is 0. The molecule has 0 aliphatic carbocycles. The van der Waals surface area contributed by atoms with Crippen molar-refractivity contribution in [3.63, 3.8) is 0 Å². The molecule has 4 nitrogen and oxygen atoms in total. The first-order valence-electron chi connectivity index (χ1n) is 1.74. The first kappa shape index (κ1) is 16.1. The van der Waals surface area contributed by atoms with Crippen LogP contribution in [-0.2, 0) is 0 Å². The van der Waals surface area contributed by atoms with Crippen molar-refractivity contribution >= 4 is 10.4 Å². The average molecular weight is 156 g/mol.